The summed E-state index contributed by atoms with van der Waals surface area (Å²) in [4.78, 5) is 7.42. The van der Waals surface area contributed by atoms with E-state index in [0.29, 0.717) is 6.20 Å². The van der Waals surface area contributed by atoms with Gasteiger partial charge in [0.2, 0.25) is 5.88 Å². The number of pyridine rings is 2. The van der Waals surface area contributed by atoms with Crippen LogP contribution in [0, 0.1) is 6.92 Å². The molecule has 2 heterocycles. The molecule has 10 heteroatoms. The van der Waals surface area contributed by atoms with Gasteiger partial charge < -0.3 is 19.5 Å². The number of methoxy groups -OCH3 is 1. The summed E-state index contributed by atoms with van der Waals surface area (Å²) in [6.45, 7) is 1.10. The minimum Gasteiger partial charge on any atom is -0.478 e. The highest BCUT2D eigenvalue weighted by molar-refractivity contribution is 6.60. The molecular weight excluding hydrogens is 316 g/mol. The standard InChI is InChI=1S/C13H12BF3N2O4/c1-7-8(13(15,16)17)6-19-12(10(7)14(20)21)23-9-4-3-5-18-11(9)22-2/h3-6,20-21H,1-2H3. The second kappa shape index (κ2) is 6.43. The monoisotopic (exact) mass is 328 g/mol. The van der Waals surface area contributed by atoms with Gasteiger partial charge in [-0.2, -0.15) is 13.2 Å². The van der Waals surface area contributed by atoms with E-state index in [2.05, 4.69) is 9.97 Å². The van der Waals surface area contributed by atoms with Crippen molar-refractivity contribution in [3.05, 3.63) is 35.7 Å². The van der Waals surface area contributed by atoms with Crippen molar-refractivity contribution in [3.63, 3.8) is 0 Å². The lowest BCUT2D eigenvalue weighted by atomic mass is 9.76. The Balaban J connectivity index is 2.53. The van der Waals surface area contributed by atoms with E-state index in [9.17, 15) is 23.2 Å². The summed E-state index contributed by atoms with van der Waals surface area (Å²) in [5.74, 6) is -0.231. The Bertz CT molecular complexity index is 710. The van der Waals surface area contributed by atoms with Crippen LogP contribution < -0.4 is 14.9 Å². The fourth-order valence-electron chi connectivity index (χ4n) is 1.98. The summed E-state index contributed by atoms with van der Waals surface area (Å²) in [6, 6.07) is 2.97. The number of ether oxygens (including phenoxy) is 2. The van der Waals surface area contributed by atoms with Crippen LogP contribution in [0.5, 0.6) is 17.5 Å². The minimum absolute atomic E-state index is 0.0727. The van der Waals surface area contributed by atoms with E-state index in [4.69, 9.17) is 9.47 Å². The highest BCUT2D eigenvalue weighted by Gasteiger charge is 2.36. The Morgan fingerprint density at radius 3 is 2.43 bits per heavy atom. The van der Waals surface area contributed by atoms with Gasteiger partial charge in [-0.05, 0) is 24.6 Å². The molecule has 0 saturated carbocycles. The Hall–Kier alpha value is -2.33. The SMILES string of the molecule is COc1ncccc1Oc1ncc(C(F)(F)F)c(C)c1B(O)O. The Morgan fingerprint density at radius 2 is 1.87 bits per heavy atom. The molecule has 122 valence electrons. The molecule has 0 atom stereocenters. The van der Waals surface area contributed by atoms with Crippen molar-refractivity contribution in [3.8, 4) is 17.5 Å². The number of aromatic nitrogens is 2. The summed E-state index contributed by atoms with van der Waals surface area (Å²) in [5, 5.41) is 18.8. The van der Waals surface area contributed by atoms with Crippen LogP contribution in [0.3, 0.4) is 0 Å². The van der Waals surface area contributed by atoms with E-state index < -0.39 is 24.3 Å². The largest absolute Gasteiger partial charge is 0.494 e. The van der Waals surface area contributed by atoms with Gasteiger partial charge in [-0.1, -0.05) is 0 Å². The molecule has 6 nitrogen and oxygen atoms in total. The van der Waals surface area contributed by atoms with Crippen LogP contribution in [0.4, 0.5) is 13.2 Å². The van der Waals surface area contributed by atoms with Gasteiger partial charge in [0.1, 0.15) is 0 Å². The number of alkyl halides is 3. The lowest BCUT2D eigenvalue weighted by Crippen LogP contribution is -2.35. The first-order valence-electron chi connectivity index (χ1n) is 6.35. The lowest BCUT2D eigenvalue weighted by Gasteiger charge is -2.17. The second-order valence-electron chi connectivity index (χ2n) is 4.50. The van der Waals surface area contributed by atoms with Crippen LogP contribution in [-0.2, 0) is 6.18 Å². The molecule has 2 aromatic heterocycles. The number of hydrogen-bond donors (Lipinski definition) is 2. The van der Waals surface area contributed by atoms with Gasteiger partial charge in [-0.15, -0.1) is 0 Å². The van der Waals surface area contributed by atoms with Crippen molar-refractivity contribution in [1.82, 2.24) is 9.97 Å². The molecule has 2 N–H and O–H groups in total. The fraction of sp³-hybridized carbons (Fsp3) is 0.231. The Labute approximate surface area is 129 Å². The Kier molecular flexibility index (Phi) is 4.76. The van der Waals surface area contributed by atoms with Gasteiger partial charge >= 0.3 is 13.3 Å². The molecular formula is C13H12BF3N2O4. The van der Waals surface area contributed by atoms with Gasteiger partial charge in [-0.3, -0.25) is 0 Å². The smallest absolute Gasteiger partial charge is 0.478 e. The maximum absolute atomic E-state index is 12.9. The van der Waals surface area contributed by atoms with Gasteiger partial charge in [-0.25, -0.2) is 9.97 Å². The molecule has 0 unspecified atom stereocenters. The van der Waals surface area contributed by atoms with Crippen LogP contribution in [0.25, 0.3) is 0 Å². The third-order valence-corrected chi connectivity index (χ3v) is 3.05. The summed E-state index contributed by atoms with van der Waals surface area (Å²) >= 11 is 0. The molecule has 0 aliphatic rings. The molecule has 2 rings (SSSR count). The number of hydrogen-bond acceptors (Lipinski definition) is 6. The molecule has 0 aliphatic carbocycles. The average molecular weight is 328 g/mol. The van der Waals surface area contributed by atoms with Gasteiger partial charge in [0.15, 0.2) is 5.75 Å². The first kappa shape index (κ1) is 17.0. The average Bonchev–Trinajstić information content (AvgIpc) is 2.46. The highest BCUT2D eigenvalue weighted by Crippen LogP contribution is 2.33. The van der Waals surface area contributed by atoms with Crippen molar-refractivity contribution in [2.24, 2.45) is 0 Å². The second-order valence-corrected chi connectivity index (χ2v) is 4.50. The van der Waals surface area contributed by atoms with Crippen LogP contribution in [-0.4, -0.2) is 34.2 Å². The normalized spacial score (nSPS) is 11.3. The van der Waals surface area contributed by atoms with E-state index in [0.717, 1.165) is 6.92 Å². The maximum atomic E-state index is 12.9. The van der Waals surface area contributed by atoms with E-state index in [1.165, 1.54) is 25.4 Å². The molecule has 23 heavy (non-hydrogen) atoms. The topological polar surface area (TPSA) is 84.7 Å². The lowest BCUT2D eigenvalue weighted by molar-refractivity contribution is -0.138. The van der Waals surface area contributed by atoms with Crippen LogP contribution >= 0.6 is 0 Å². The maximum Gasteiger partial charge on any atom is 0.494 e. The number of halogens is 3. The van der Waals surface area contributed by atoms with E-state index in [-0.39, 0.29) is 23.1 Å². The highest BCUT2D eigenvalue weighted by atomic mass is 19.4. The summed E-state index contributed by atoms with van der Waals surface area (Å²) in [6.07, 6.45) is -2.68. The third kappa shape index (κ3) is 3.54. The zero-order valence-electron chi connectivity index (χ0n) is 12.1. The van der Waals surface area contributed by atoms with E-state index in [1.807, 2.05) is 0 Å². The summed E-state index contributed by atoms with van der Waals surface area (Å²) in [5.41, 5.74) is -1.95. The number of nitrogens with zero attached hydrogens (tertiary/aromatic N) is 2. The quantitative estimate of drug-likeness (QED) is 0.823. The summed E-state index contributed by atoms with van der Waals surface area (Å²) < 4.78 is 49.0. The van der Waals surface area contributed by atoms with Crippen molar-refractivity contribution < 1.29 is 32.7 Å². The van der Waals surface area contributed by atoms with Crippen molar-refractivity contribution in [2.75, 3.05) is 7.11 Å². The minimum atomic E-state index is -4.68. The van der Waals surface area contributed by atoms with Crippen molar-refractivity contribution >= 4 is 12.6 Å². The van der Waals surface area contributed by atoms with Crippen molar-refractivity contribution in [1.29, 1.82) is 0 Å². The first-order valence-corrected chi connectivity index (χ1v) is 6.35. The zero-order chi connectivity index (χ0) is 17.2. The van der Waals surface area contributed by atoms with Gasteiger partial charge in [0, 0.05) is 17.9 Å². The van der Waals surface area contributed by atoms with Crippen LogP contribution in [0.15, 0.2) is 24.5 Å². The van der Waals surface area contributed by atoms with Crippen LogP contribution in [0.1, 0.15) is 11.1 Å². The molecule has 0 aromatic carbocycles. The van der Waals surface area contributed by atoms with Gasteiger partial charge in [0.25, 0.3) is 5.88 Å². The van der Waals surface area contributed by atoms with E-state index in [1.54, 1.807) is 0 Å². The molecule has 0 aliphatic heterocycles. The molecule has 0 fully saturated rings. The first-order chi connectivity index (χ1) is 10.8. The Morgan fingerprint density at radius 1 is 1.17 bits per heavy atom. The molecule has 2 aromatic rings. The third-order valence-electron chi connectivity index (χ3n) is 3.05. The van der Waals surface area contributed by atoms with Gasteiger partial charge in [0.05, 0.1) is 12.7 Å². The predicted octanol–water partition coefficient (Wildman–Crippen LogP) is 1.28. The molecule has 0 radical (unpaired) electrons. The fourth-order valence-corrected chi connectivity index (χ4v) is 1.98. The molecule has 0 saturated heterocycles. The number of rotatable bonds is 4. The molecule has 0 amide bonds. The molecule has 0 spiro atoms. The van der Waals surface area contributed by atoms with E-state index >= 15 is 0 Å². The summed E-state index contributed by atoms with van der Waals surface area (Å²) in [7, 11) is -0.856. The molecule has 0 bridgehead atoms. The van der Waals surface area contributed by atoms with Crippen molar-refractivity contribution in [2.45, 2.75) is 13.1 Å². The van der Waals surface area contributed by atoms with Crippen LogP contribution in [0.2, 0.25) is 0 Å². The predicted molar refractivity (Wildman–Crippen MR) is 74.7 cm³/mol. The zero-order valence-corrected chi connectivity index (χ0v) is 12.1.